The van der Waals surface area contributed by atoms with Crippen LogP contribution in [-0.4, -0.2) is 42.5 Å². The van der Waals surface area contributed by atoms with Crippen molar-refractivity contribution in [3.63, 3.8) is 0 Å². The molecule has 0 spiro atoms. The van der Waals surface area contributed by atoms with E-state index in [0.29, 0.717) is 19.6 Å². The van der Waals surface area contributed by atoms with Crippen LogP contribution < -0.4 is 5.73 Å². The summed E-state index contributed by atoms with van der Waals surface area (Å²) in [5.74, 6) is -0.353. The zero-order valence-corrected chi connectivity index (χ0v) is 13.6. The Kier molecular flexibility index (Phi) is 8.46. The van der Waals surface area contributed by atoms with E-state index >= 15 is 0 Å². The van der Waals surface area contributed by atoms with Crippen LogP contribution in [-0.2, 0) is 14.3 Å². The van der Waals surface area contributed by atoms with E-state index in [1.165, 1.54) is 0 Å². The minimum absolute atomic E-state index is 0.00171. The Morgan fingerprint density at radius 3 is 2.30 bits per heavy atom. The molecule has 20 heavy (non-hydrogen) atoms. The number of nitrogens with two attached hydrogens (primary N) is 1. The first-order chi connectivity index (χ1) is 9.23. The average Bonchev–Trinajstić information content (AvgIpc) is 2.33. The molecule has 0 radical (unpaired) electrons. The van der Waals surface area contributed by atoms with Crippen LogP contribution in [0, 0.1) is 5.41 Å². The van der Waals surface area contributed by atoms with Crippen molar-refractivity contribution in [3.8, 4) is 0 Å². The largest absolute Gasteiger partial charge is 0.465 e. The maximum absolute atomic E-state index is 12.3. The van der Waals surface area contributed by atoms with Crippen molar-refractivity contribution in [2.24, 2.45) is 11.1 Å². The summed E-state index contributed by atoms with van der Waals surface area (Å²) in [5.41, 5.74) is 5.62. The van der Waals surface area contributed by atoms with Crippen molar-refractivity contribution in [1.29, 1.82) is 0 Å². The molecule has 0 aromatic heterocycles. The molecule has 0 aliphatic rings. The van der Waals surface area contributed by atoms with Crippen molar-refractivity contribution in [3.05, 3.63) is 0 Å². The van der Waals surface area contributed by atoms with E-state index in [-0.39, 0.29) is 29.9 Å². The third kappa shape index (κ3) is 7.48. The maximum Gasteiger partial charge on any atom is 0.325 e. The molecule has 118 valence electrons. The Labute approximate surface area is 122 Å². The topological polar surface area (TPSA) is 72.6 Å². The van der Waals surface area contributed by atoms with Crippen molar-refractivity contribution < 1.29 is 14.3 Å². The lowest BCUT2D eigenvalue weighted by Crippen LogP contribution is -2.41. The monoisotopic (exact) mass is 286 g/mol. The number of esters is 1. The molecule has 0 aliphatic heterocycles. The Bertz CT molecular complexity index is 314. The van der Waals surface area contributed by atoms with Gasteiger partial charge in [-0.2, -0.15) is 0 Å². The molecule has 0 bridgehead atoms. The maximum atomic E-state index is 12.3. The molecule has 0 aromatic rings. The van der Waals surface area contributed by atoms with E-state index < -0.39 is 0 Å². The van der Waals surface area contributed by atoms with Crippen LogP contribution in [0.5, 0.6) is 0 Å². The van der Waals surface area contributed by atoms with E-state index in [1.807, 2.05) is 13.8 Å². The summed E-state index contributed by atoms with van der Waals surface area (Å²) >= 11 is 0. The van der Waals surface area contributed by atoms with Crippen molar-refractivity contribution in [2.45, 2.75) is 59.9 Å². The second-order valence-electron chi connectivity index (χ2n) is 6.12. The van der Waals surface area contributed by atoms with Crippen LogP contribution in [0.3, 0.4) is 0 Å². The van der Waals surface area contributed by atoms with Crippen molar-refractivity contribution >= 4 is 11.9 Å². The van der Waals surface area contributed by atoms with E-state index in [4.69, 9.17) is 10.5 Å². The third-order valence-corrected chi connectivity index (χ3v) is 3.39. The number of ether oxygens (including phenoxy) is 1. The van der Waals surface area contributed by atoms with E-state index in [2.05, 4.69) is 13.8 Å². The highest BCUT2D eigenvalue weighted by Crippen LogP contribution is 2.26. The summed E-state index contributed by atoms with van der Waals surface area (Å²) < 4.78 is 4.91. The molecule has 0 unspecified atom stereocenters. The number of rotatable bonds is 9. The van der Waals surface area contributed by atoms with Gasteiger partial charge in [-0.3, -0.25) is 9.59 Å². The first kappa shape index (κ1) is 18.9. The zero-order chi connectivity index (χ0) is 15.8. The first-order valence-corrected chi connectivity index (χ1v) is 7.38. The van der Waals surface area contributed by atoms with Gasteiger partial charge in [-0.1, -0.05) is 13.8 Å². The zero-order valence-electron chi connectivity index (χ0n) is 13.6. The minimum atomic E-state index is -0.351. The molecule has 2 N–H and O–H groups in total. The van der Waals surface area contributed by atoms with Gasteiger partial charge in [-0.15, -0.1) is 0 Å². The van der Waals surface area contributed by atoms with E-state index in [1.54, 1.807) is 11.8 Å². The molecular formula is C15H30N2O3. The van der Waals surface area contributed by atoms with Gasteiger partial charge < -0.3 is 15.4 Å². The lowest BCUT2D eigenvalue weighted by Gasteiger charge is -2.28. The molecule has 0 saturated carbocycles. The van der Waals surface area contributed by atoms with Gasteiger partial charge in [0.2, 0.25) is 5.91 Å². The van der Waals surface area contributed by atoms with Gasteiger partial charge in [0.1, 0.15) is 6.54 Å². The molecule has 0 rings (SSSR count). The highest BCUT2D eigenvalue weighted by molar-refractivity contribution is 5.82. The van der Waals surface area contributed by atoms with Gasteiger partial charge in [0.25, 0.3) is 0 Å². The van der Waals surface area contributed by atoms with Crippen LogP contribution in [0.15, 0.2) is 0 Å². The van der Waals surface area contributed by atoms with Gasteiger partial charge >= 0.3 is 5.97 Å². The number of amides is 1. The lowest BCUT2D eigenvalue weighted by molar-refractivity contribution is -0.150. The Morgan fingerprint density at radius 2 is 1.85 bits per heavy atom. The summed E-state index contributed by atoms with van der Waals surface area (Å²) in [6.07, 6.45) is 2.10. The normalized spacial score (nSPS) is 11.6. The fourth-order valence-electron chi connectivity index (χ4n) is 2.01. The molecule has 0 heterocycles. The highest BCUT2D eigenvalue weighted by atomic mass is 16.5. The van der Waals surface area contributed by atoms with E-state index in [0.717, 1.165) is 12.8 Å². The third-order valence-electron chi connectivity index (χ3n) is 3.39. The first-order valence-electron chi connectivity index (χ1n) is 7.38. The number of carbonyl (C=O) groups excluding carboxylic acids is 2. The standard InChI is InChI=1S/C15H30N2O3/c1-6-20-14(19)11-17(12(2)3)13(18)7-8-15(4,5)9-10-16/h12H,6-11,16H2,1-5H3. The van der Waals surface area contributed by atoms with Gasteiger partial charge in [0, 0.05) is 12.5 Å². The number of hydrogen-bond acceptors (Lipinski definition) is 4. The molecule has 5 heteroatoms. The van der Waals surface area contributed by atoms with Crippen molar-refractivity contribution in [2.75, 3.05) is 19.7 Å². The van der Waals surface area contributed by atoms with Crippen molar-refractivity contribution in [1.82, 2.24) is 4.90 Å². The fraction of sp³-hybridized carbons (Fsp3) is 0.867. The van der Waals surface area contributed by atoms with Gasteiger partial charge in [0.05, 0.1) is 6.61 Å². The second kappa shape index (κ2) is 8.95. The Hall–Kier alpha value is -1.10. The van der Waals surface area contributed by atoms with Gasteiger partial charge in [-0.25, -0.2) is 0 Å². The SMILES string of the molecule is CCOC(=O)CN(C(=O)CCC(C)(C)CCN)C(C)C. The highest BCUT2D eigenvalue weighted by Gasteiger charge is 2.24. The Balaban J connectivity index is 4.47. The number of carbonyl (C=O) groups is 2. The summed E-state index contributed by atoms with van der Waals surface area (Å²) in [5, 5.41) is 0. The van der Waals surface area contributed by atoms with E-state index in [9.17, 15) is 9.59 Å². The molecule has 0 aromatic carbocycles. The molecule has 5 nitrogen and oxygen atoms in total. The van der Waals surface area contributed by atoms with Gasteiger partial charge in [-0.05, 0) is 45.6 Å². The quantitative estimate of drug-likeness (QED) is 0.657. The lowest BCUT2D eigenvalue weighted by atomic mass is 9.84. The minimum Gasteiger partial charge on any atom is -0.465 e. The fourth-order valence-corrected chi connectivity index (χ4v) is 2.01. The smallest absolute Gasteiger partial charge is 0.325 e. The van der Waals surface area contributed by atoms with Gasteiger partial charge in [0.15, 0.2) is 0 Å². The van der Waals surface area contributed by atoms with Crippen LogP contribution >= 0.6 is 0 Å². The summed E-state index contributed by atoms with van der Waals surface area (Å²) in [4.78, 5) is 25.4. The van der Waals surface area contributed by atoms with Crippen LogP contribution in [0.1, 0.15) is 53.9 Å². The van der Waals surface area contributed by atoms with Crippen LogP contribution in [0.2, 0.25) is 0 Å². The van der Waals surface area contributed by atoms with Crippen LogP contribution in [0.4, 0.5) is 0 Å². The predicted molar refractivity (Wildman–Crippen MR) is 80.2 cm³/mol. The summed E-state index contributed by atoms with van der Waals surface area (Å²) in [6.45, 7) is 10.8. The molecule has 0 atom stereocenters. The van der Waals surface area contributed by atoms with Crippen LogP contribution in [0.25, 0.3) is 0 Å². The molecule has 0 fully saturated rings. The number of nitrogens with zero attached hydrogens (tertiary/aromatic N) is 1. The molecule has 0 saturated heterocycles. The second-order valence-corrected chi connectivity index (χ2v) is 6.12. The predicted octanol–water partition coefficient (Wildman–Crippen LogP) is 1.94. The number of hydrogen-bond donors (Lipinski definition) is 1. The molecular weight excluding hydrogens is 256 g/mol. The molecule has 1 amide bonds. The molecule has 0 aliphatic carbocycles. The summed E-state index contributed by atoms with van der Waals surface area (Å²) in [6, 6.07) is -0.00970. The summed E-state index contributed by atoms with van der Waals surface area (Å²) in [7, 11) is 0. The average molecular weight is 286 g/mol. The Morgan fingerprint density at radius 1 is 1.25 bits per heavy atom.